The number of nitrogens with zero attached hydrogens (tertiary/aromatic N) is 1. The zero-order valence-electron chi connectivity index (χ0n) is 11.4. The van der Waals surface area contributed by atoms with E-state index in [0.29, 0.717) is 11.6 Å². The Balaban J connectivity index is 2.31. The molecule has 2 rings (SSSR count). The van der Waals surface area contributed by atoms with E-state index in [1.807, 2.05) is 11.3 Å². The highest BCUT2D eigenvalue weighted by Crippen LogP contribution is 2.38. The molecule has 0 aliphatic carbocycles. The van der Waals surface area contributed by atoms with Crippen LogP contribution >= 0.6 is 11.3 Å². The van der Waals surface area contributed by atoms with Gasteiger partial charge in [0, 0.05) is 27.9 Å². The Kier molecular flexibility index (Phi) is 3.62. The molecular formula is C14H24N2S. The molecule has 17 heavy (non-hydrogen) atoms. The fraction of sp³-hybridized carbons (Fsp3) is 0.714. The maximum Gasteiger partial charge on any atom is 0.0486 e. The van der Waals surface area contributed by atoms with Gasteiger partial charge in [-0.05, 0) is 58.7 Å². The number of hydrogen-bond acceptors (Lipinski definition) is 3. The highest BCUT2D eigenvalue weighted by atomic mass is 32.1. The van der Waals surface area contributed by atoms with Gasteiger partial charge in [-0.15, -0.1) is 11.3 Å². The van der Waals surface area contributed by atoms with Crippen LogP contribution < -0.4 is 5.73 Å². The lowest BCUT2D eigenvalue weighted by Crippen LogP contribution is -2.43. The minimum Gasteiger partial charge on any atom is -0.329 e. The third-order valence-corrected chi connectivity index (χ3v) is 4.98. The van der Waals surface area contributed by atoms with Gasteiger partial charge >= 0.3 is 0 Å². The Morgan fingerprint density at radius 2 is 2.18 bits per heavy atom. The monoisotopic (exact) mass is 252 g/mol. The fourth-order valence-corrected chi connectivity index (χ4v) is 4.09. The lowest BCUT2D eigenvalue weighted by molar-refractivity contribution is 0.119. The maximum absolute atomic E-state index is 6.05. The second kappa shape index (κ2) is 4.71. The van der Waals surface area contributed by atoms with Crippen LogP contribution in [0, 0.1) is 13.8 Å². The molecule has 2 N–H and O–H groups in total. The van der Waals surface area contributed by atoms with Gasteiger partial charge in [0.2, 0.25) is 0 Å². The minimum atomic E-state index is 0.298. The molecular weight excluding hydrogens is 228 g/mol. The first-order valence-electron chi connectivity index (χ1n) is 6.49. The number of nitrogens with two attached hydrogens (primary N) is 1. The molecule has 1 atom stereocenters. The van der Waals surface area contributed by atoms with Gasteiger partial charge in [0.05, 0.1) is 0 Å². The number of hydrogen-bond donors (Lipinski definition) is 1. The van der Waals surface area contributed by atoms with Crippen molar-refractivity contribution >= 4 is 11.3 Å². The number of aryl methyl sites for hydroxylation is 2. The van der Waals surface area contributed by atoms with Crippen molar-refractivity contribution in [3.05, 3.63) is 21.4 Å². The molecule has 2 heterocycles. The molecule has 0 bridgehead atoms. The molecule has 1 aliphatic heterocycles. The molecule has 1 saturated heterocycles. The zero-order valence-corrected chi connectivity index (χ0v) is 12.2. The molecule has 96 valence electrons. The summed E-state index contributed by atoms with van der Waals surface area (Å²) in [5, 5.41) is 0. The summed E-state index contributed by atoms with van der Waals surface area (Å²) in [6.45, 7) is 11.0. The van der Waals surface area contributed by atoms with Crippen LogP contribution in [-0.4, -0.2) is 23.5 Å². The van der Waals surface area contributed by atoms with Gasteiger partial charge in [-0.25, -0.2) is 0 Å². The summed E-state index contributed by atoms with van der Waals surface area (Å²) in [6.07, 6.45) is 2.58. The second-order valence-corrected chi connectivity index (χ2v) is 7.19. The first-order valence-corrected chi connectivity index (χ1v) is 7.31. The van der Waals surface area contributed by atoms with E-state index in [1.165, 1.54) is 34.7 Å². The molecule has 0 amide bonds. The van der Waals surface area contributed by atoms with Crippen molar-refractivity contribution in [2.75, 3.05) is 13.1 Å². The Morgan fingerprint density at radius 3 is 2.59 bits per heavy atom. The van der Waals surface area contributed by atoms with Gasteiger partial charge in [-0.3, -0.25) is 4.90 Å². The van der Waals surface area contributed by atoms with Crippen LogP contribution in [0.5, 0.6) is 0 Å². The first kappa shape index (κ1) is 13.1. The predicted molar refractivity (Wildman–Crippen MR) is 75.6 cm³/mol. The lowest BCUT2D eigenvalue weighted by atomic mass is 9.97. The van der Waals surface area contributed by atoms with Gasteiger partial charge in [0.1, 0.15) is 0 Å². The van der Waals surface area contributed by atoms with Crippen molar-refractivity contribution in [2.45, 2.75) is 52.1 Å². The van der Waals surface area contributed by atoms with Crippen molar-refractivity contribution in [1.82, 2.24) is 4.90 Å². The first-order chi connectivity index (χ1) is 7.95. The highest BCUT2D eigenvalue weighted by Gasteiger charge is 2.37. The molecule has 1 aromatic heterocycles. The largest absolute Gasteiger partial charge is 0.329 e. The van der Waals surface area contributed by atoms with Gasteiger partial charge in [-0.1, -0.05) is 0 Å². The molecule has 1 aromatic rings. The van der Waals surface area contributed by atoms with Gasteiger partial charge in [0.25, 0.3) is 0 Å². The van der Waals surface area contributed by atoms with Crippen molar-refractivity contribution in [3.63, 3.8) is 0 Å². The quantitative estimate of drug-likeness (QED) is 0.895. The fourth-order valence-electron chi connectivity index (χ4n) is 3.11. The zero-order chi connectivity index (χ0) is 12.6. The Bertz CT molecular complexity index is 395. The molecule has 0 saturated carbocycles. The van der Waals surface area contributed by atoms with E-state index >= 15 is 0 Å². The molecule has 0 spiro atoms. The molecule has 3 heteroatoms. The molecule has 1 aliphatic rings. The minimum absolute atomic E-state index is 0.298. The molecule has 0 radical (unpaired) electrons. The summed E-state index contributed by atoms with van der Waals surface area (Å²) in [6, 6.07) is 2.73. The third kappa shape index (κ3) is 2.42. The standard InChI is InChI=1S/C14H24N2S/c1-10-8-12(11(2)17-10)13(9-15)16-7-5-6-14(16,3)4/h8,13H,5-7,9,15H2,1-4H3. The summed E-state index contributed by atoms with van der Waals surface area (Å²) in [7, 11) is 0. The summed E-state index contributed by atoms with van der Waals surface area (Å²) in [4.78, 5) is 5.43. The highest BCUT2D eigenvalue weighted by molar-refractivity contribution is 7.12. The van der Waals surface area contributed by atoms with Crippen LogP contribution in [0.25, 0.3) is 0 Å². The van der Waals surface area contributed by atoms with Gasteiger partial charge in [-0.2, -0.15) is 0 Å². The van der Waals surface area contributed by atoms with Crippen molar-refractivity contribution in [3.8, 4) is 0 Å². The smallest absolute Gasteiger partial charge is 0.0486 e. The van der Waals surface area contributed by atoms with Crippen LogP contribution in [0.15, 0.2) is 6.07 Å². The molecule has 0 aromatic carbocycles. The van der Waals surface area contributed by atoms with E-state index in [1.54, 1.807) is 0 Å². The average molecular weight is 252 g/mol. The van der Waals surface area contributed by atoms with Crippen molar-refractivity contribution in [2.24, 2.45) is 5.73 Å². The van der Waals surface area contributed by atoms with Gasteiger partial charge in [0.15, 0.2) is 0 Å². The topological polar surface area (TPSA) is 29.3 Å². The van der Waals surface area contributed by atoms with Gasteiger partial charge < -0.3 is 5.73 Å². The van der Waals surface area contributed by atoms with E-state index in [-0.39, 0.29) is 0 Å². The van der Waals surface area contributed by atoms with E-state index < -0.39 is 0 Å². The van der Waals surface area contributed by atoms with E-state index in [4.69, 9.17) is 5.73 Å². The predicted octanol–water partition coefficient (Wildman–Crippen LogP) is 3.24. The van der Waals surface area contributed by atoms with E-state index in [9.17, 15) is 0 Å². The van der Waals surface area contributed by atoms with Crippen molar-refractivity contribution in [1.29, 1.82) is 0 Å². The van der Waals surface area contributed by atoms with Crippen LogP contribution in [-0.2, 0) is 0 Å². The summed E-state index contributed by atoms with van der Waals surface area (Å²) >= 11 is 1.89. The van der Waals surface area contributed by atoms with E-state index in [0.717, 1.165) is 6.54 Å². The third-order valence-electron chi connectivity index (χ3n) is 4.00. The van der Waals surface area contributed by atoms with Crippen molar-refractivity contribution < 1.29 is 0 Å². The number of likely N-dealkylation sites (tertiary alicyclic amines) is 1. The van der Waals surface area contributed by atoms with Crippen LogP contribution in [0.1, 0.15) is 48.0 Å². The molecule has 2 nitrogen and oxygen atoms in total. The summed E-state index contributed by atoms with van der Waals surface area (Å²) in [5.74, 6) is 0. The summed E-state index contributed by atoms with van der Waals surface area (Å²) < 4.78 is 0. The SMILES string of the molecule is Cc1cc(C(CN)N2CCCC2(C)C)c(C)s1. The number of thiophene rings is 1. The Labute approximate surface area is 109 Å². The Hall–Kier alpha value is -0.380. The average Bonchev–Trinajstić information content (AvgIpc) is 2.73. The second-order valence-electron chi connectivity index (χ2n) is 5.73. The summed E-state index contributed by atoms with van der Waals surface area (Å²) in [5.41, 5.74) is 7.79. The van der Waals surface area contributed by atoms with Crippen LogP contribution in [0.3, 0.4) is 0 Å². The van der Waals surface area contributed by atoms with E-state index in [2.05, 4.69) is 38.7 Å². The van der Waals surface area contributed by atoms with Crippen LogP contribution in [0.4, 0.5) is 0 Å². The normalized spacial score (nSPS) is 21.9. The maximum atomic E-state index is 6.05. The lowest BCUT2D eigenvalue weighted by Gasteiger charge is -2.38. The molecule has 1 unspecified atom stereocenters. The Morgan fingerprint density at radius 1 is 1.47 bits per heavy atom. The number of rotatable bonds is 3. The molecule has 1 fully saturated rings. The van der Waals surface area contributed by atoms with Crippen LogP contribution in [0.2, 0.25) is 0 Å².